The Morgan fingerprint density at radius 1 is 1.17 bits per heavy atom. The fourth-order valence-corrected chi connectivity index (χ4v) is 2.89. The van der Waals surface area contributed by atoms with E-state index in [2.05, 4.69) is 38.2 Å². The molecular formula is C15H25NOS. The number of benzene rings is 1. The van der Waals surface area contributed by atoms with Crippen LogP contribution in [0, 0.1) is 0 Å². The van der Waals surface area contributed by atoms with Gasteiger partial charge in [-0.15, -0.1) is 0 Å². The van der Waals surface area contributed by atoms with Crippen LogP contribution < -0.4 is 5.32 Å². The zero-order chi connectivity index (χ0) is 13.5. The summed E-state index contributed by atoms with van der Waals surface area (Å²) in [5.41, 5.74) is 1.31. The van der Waals surface area contributed by atoms with Crippen LogP contribution in [0.25, 0.3) is 0 Å². The van der Waals surface area contributed by atoms with Crippen molar-refractivity contribution in [1.29, 1.82) is 0 Å². The van der Waals surface area contributed by atoms with Gasteiger partial charge < -0.3 is 5.32 Å². The first-order valence-corrected chi connectivity index (χ1v) is 8.02. The Hall–Kier alpha value is -0.670. The van der Waals surface area contributed by atoms with Gasteiger partial charge in [0.05, 0.1) is 10.8 Å². The van der Waals surface area contributed by atoms with Gasteiger partial charge in [0.2, 0.25) is 0 Å². The summed E-state index contributed by atoms with van der Waals surface area (Å²) in [4.78, 5) is 0.955. The Balaban J connectivity index is 2.46. The molecule has 3 heteroatoms. The molecule has 0 aliphatic carbocycles. The third-order valence-corrected chi connectivity index (χ3v) is 4.73. The van der Waals surface area contributed by atoms with Crippen molar-refractivity contribution < 1.29 is 4.21 Å². The van der Waals surface area contributed by atoms with Crippen LogP contribution in [0.15, 0.2) is 29.2 Å². The molecule has 102 valence electrons. The van der Waals surface area contributed by atoms with Gasteiger partial charge in [-0.25, -0.2) is 0 Å². The molecule has 2 atom stereocenters. The molecule has 2 unspecified atom stereocenters. The van der Waals surface area contributed by atoms with E-state index < -0.39 is 10.8 Å². The molecule has 0 fully saturated rings. The van der Waals surface area contributed by atoms with Gasteiger partial charge in [0.25, 0.3) is 0 Å². The second kappa shape index (κ2) is 7.70. The summed E-state index contributed by atoms with van der Waals surface area (Å²) < 4.78 is 12.1. The van der Waals surface area contributed by atoms with Crippen LogP contribution >= 0.6 is 0 Å². The average molecular weight is 267 g/mol. The number of rotatable bonds is 7. The van der Waals surface area contributed by atoms with E-state index in [0.29, 0.717) is 12.0 Å². The summed E-state index contributed by atoms with van der Waals surface area (Å²) in [6.45, 7) is 6.50. The van der Waals surface area contributed by atoms with Crippen molar-refractivity contribution in [3.8, 4) is 0 Å². The smallest absolute Gasteiger partial charge is 0.0529 e. The Labute approximate surface area is 114 Å². The summed E-state index contributed by atoms with van der Waals surface area (Å²) in [5, 5.41) is 3.20. The van der Waals surface area contributed by atoms with E-state index in [4.69, 9.17) is 0 Å². The molecule has 1 aromatic rings. The monoisotopic (exact) mass is 267 g/mol. The second-order valence-corrected chi connectivity index (χ2v) is 6.68. The molecule has 0 aliphatic rings. The molecule has 0 spiro atoms. The quantitative estimate of drug-likeness (QED) is 0.821. The highest BCUT2D eigenvalue weighted by molar-refractivity contribution is 7.85. The van der Waals surface area contributed by atoms with Gasteiger partial charge in [-0.2, -0.15) is 0 Å². The molecule has 0 aromatic heterocycles. The molecule has 0 aliphatic heterocycles. The zero-order valence-corrected chi connectivity index (χ0v) is 12.7. The molecule has 1 N–H and O–H groups in total. The lowest BCUT2D eigenvalue weighted by atomic mass is 10.0. The predicted molar refractivity (Wildman–Crippen MR) is 79.6 cm³/mol. The molecule has 0 saturated carbocycles. The zero-order valence-electron chi connectivity index (χ0n) is 11.9. The van der Waals surface area contributed by atoms with E-state index in [1.807, 2.05) is 19.2 Å². The third-order valence-electron chi connectivity index (χ3n) is 3.27. The lowest BCUT2D eigenvalue weighted by Gasteiger charge is -2.10. The first kappa shape index (κ1) is 15.4. The third kappa shape index (κ3) is 4.91. The maximum absolute atomic E-state index is 12.1. The van der Waals surface area contributed by atoms with Crippen molar-refractivity contribution in [2.24, 2.45) is 0 Å². The molecule has 0 amide bonds. The van der Waals surface area contributed by atoms with Crippen LogP contribution in [-0.4, -0.2) is 23.1 Å². The highest BCUT2D eigenvalue weighted by Crippen LogP contribution is 2.17. The number of nitrogens with one attached hydrogen (secondary N) is 1. The fourth-order valence-electron chi connectivity index (χ4n) is 1.79. The Morgan fingerprint density at radius 2 is 1.78 bits per heavy atom. The predicted octanol–water partition coefficient (Wildman–Crippen LogP) is 3.31. The lowest BCUT2D eigenvalue weighted by molar-refractivity contribution is 0.557. The Morgan fingerprint density at radius 3 is 2.28 bits per heavy atom. The van der Waals surface area contributed by atoms with Gasteiger partial charge in [-0.05, 0) is 50.4 Å². The Kier molecular flexibility index (Phi) is 6.58. The number of hydrogen-bond acceptors (Lipinski definition) is 2. The molecular weight excluding hydrogens is 242 g/mol. The fraction of sp³-hybridized carbons (Fsp3) is 0.600. The molecule has 2 nitrogen and oxygen atoms in total. The van der Waals surface area contributed by atoms with Gasteiger partial charge in [-0.1, -0.05) is 26.0 Å². The lowest BCUT2D eigenvalue weighted by Crippen LogP contribution is -2.21. The van der Waals surface area contributed by atoms with Gasteiger partial charge >= 0.3 is 0 Å². The molecule has 0 heterocycles. The van der Waals surface area contributed by atoms with Crippen LogP contribution in [0.4, 0.5) is 0 Å². The van der Waals surface area contributed by atoms with E-state index >= 15 is 0 Å². The van der Waals surface area contributed by atoms with Crippen LogP contribution in [-0.2, 0) is 10.8 Å². The minimum atomic E-state index is -0.851. The van der Waals surface area contributed by atoms with Crippen molar-refractivity contribution in [3.63, 3.8) is 0 Å². The molecule has 18 heavy (non-hydrogen) atoms. The van der Waals surface area contributed by atoms with E-state index in [1.54, 1.807) is 0 Å². The number of hydrogen-bond donors (Lipinski definition) is 1. The van der Waals surface area contributed by atoms with Gasteiger partial charge in [0.1, 0.15) is 0 Å². The summed E-state index contributed by atoms with van der Waals surface area (Å²) >= 11 is 0. The summed E-state index contributed by atoms with van der Waals surface area (Å²) in [5.74, 6) is 1.29. The van der Waals surface area contributed by atoms with Crippen molar-refractivity contribution in [1.82, 2.24) is 5.32 Å². The van der Waals surface area contributed by atoms with Crippen molar-refractivity contribution in [3.05, 3.63) is 29.8 Å². The molecule has 0 radical (unpaired) electrons. The summed E-state index contributed by atoms with van der Waals surface area (Å²) in [7, 11) is 1.11. The van der Waals surface area contributed by atoms with Crippen LogP contribution in [0.5, 0.6) is 0 Å². The van der Waals surface area contributed by atoms with Crippen LogP contribution in [0.2, 0.25) is 0 Å². The SMILES string of the molecule is CNC(C)CCCS(=O)c1ccc(C(C)C)cc1. The van der Waals surface area contributed by atoms with Crippen molar-refractivity contribution >= 4 is 10.8 Å². The first-order valence-electron chi connectivity index (χ1n) is 6.70. The second-order valence-electron chi connectivity index (χ2n) is 5.11. The molecule has 1 aromatic carbocycles. The highest BCUT2D eigenvalue weighted by atomic mass is 32.2. The summed E-state index contributed by atoms with van der Waals surface area (Å²) in [6.07, 6.45) is 2.08. The van der Waals surface area contributed by atoms with Crippen molar-refractivity contribution in [2.75, 3.05) is 12.8 Å². The molecule has 0 saturated heterocycles. The average Bonchev–Trinajstić information content (AvgIpc) is 2.38. The van der Waals surface area contributed by atoms with E-state index in [0.717, 1.165) is 23.5 Å². The van der Waals surface area contributed by atoms with Crippen LogP contribution in [0.3, 0.4) is 0 Å². The first-order chi connectivity index (χ1) is 8.54. The van der Waals surface area contributed by atoms with E-state index in [9.17, 15) is 4.21 Å². The van der Waals surface area contributed by atoms with E-state index in [-0.39, 0.29) is 0 Å². The van der Waals surface area contributed by atoms with Crippen molar-refractivity contribution in [2.45, 2.75) is 50.5 Å². The standard InChI is InChI=1S/C15H25NOS/c1-12(2)14-7-9-15(10-8-14)18(17)11-5-6-13(3)16-4/h7-10,12-13,16H,5-6,11H2,1-4H3. The van der Waals surface area contributed by atoms with Gasteiger partial charge in [0, 0.05) is 16.7 Å². The molecule has 1 rings (SSSR count). The van der Waals surface area contributed by atoms with Gasteiger partial charge in [0.15, 0.2) is 0 Å². The normalized spacial score (nSPS) is 14.7. The van der Waals surface area contributed by atoms with Gasteiger partial charge in [-0.3, -0.25) is 4.21 Å². The Bertz CT molecular complexity index is 373. The largest absolute Gasteiger partial charge is 0.317 e. The minimum Gasteiger partial charge on any atom is -0.317 e. The summed E-state index contributed by atoms with van der Waals surface area (Å²) in [6, 6.07) is 8.70. The topological polar surface area (TPSA) is 29.1 Å². The molecule has 0 bridgehead atoms. The highest BCUT2D eigenvalue weighted by Gasteiger charge is 2.06. The minimum absolute atomic E-state index is 0.505. The maximum Gasteiger partial charge on any atom is 0.0529 e. The van der Waals surface area contributed by atoms with Crippen LogP contribution in [0.1, 0.15) is 45.1 Å². The van der Waals surface area contributed by atoms with E-state index in [1.165, 1.54) is 5.56 Å². The maximum atomic E-state index is 12.1.